The quantitative estimate of drug-likeness (QED) is 0.0848. The van der Waals surface area contributed by atoms with Crippen LogP contribution in [0.25, 0.3) is 10.9 Å². The number of hydrogen-bond donors (Lipinski definition) is 3. The number of anilines is 2. The van der Waals surface area contributed by atoms with Crippen molar-refractivity contribution in [2.24, 2.45) is 0 Å². The number of aromatic nitrogens is 1. The average molecular weight is 621 g/mol. The third-order valence-corrected chi connectivity index (χ3v) is 7.26. The number of amides is 1. The molecule has 8 nitrogen and oxygen atoms in total. The molecule has 0 unspecified atom stereocenters. The molecule has 0 bridgehead atoms. The van der Waals surface area contributed by atoms with Crippen LogP contribution in [0.15, 0.2) is 48.5 Å². The van der Waals surface area contributed by atoms with E-state index in [4.69, 9.17) is 31.6 Å². The lowest BCUT2D eigenvalue weighted by Crippen LogP contribution is -2.41. The number of aryl methyl sites for hydroxylation is 1. The molecule has 1 aliphatic rings. The van der Waals surface area contributed by atoms with E-state index in [0.717, 1.165) is 54.5 Å². The number of fused-ring (bicyclic) bond motifs is 2. The summed E-state index contributed by atoms with van der Waals surface area (Å²) in [6.07, 6.45) is 12.4. The lowest BCUT2D eigenvalue weighted by atomic mass is 9.94. The highest BCUT2D eigenvalue weighted by Crippen LogP contribution is 2.25. The number of thiocarbonyl (C=S) groups is 1. The van der Waals surface area contributed by atoms with Crippen LogP contribution in [0.3, 0.4) is 0 Å². The molecule has 4 rings (SSSR count). The summed E-state index contributed by atoms with van der Waals surface area (Å²) in [7, 11) is -6.09. The largest absolute Gasteiger partial charge is 0.741 e. The molecule has 2 aromatic carbocycles. The van der Waals surface area contributed by atoms with Crippen molar-refractivity contribution in [3.05, 3.63) is 65.4 Å². The molecule has 13 heteroatoms. The Balaban J connectivity index is 0.000000531. The summed E-state index contributed by atoms with van der Waals surface area (Å²) < 4.78 is 61.2. The molecule has 1 aliphatic carbocycles. The first-order chi connectivity index (χ1) is 19.8. The van der Waals surface area contributed by atoms with Crippen LogP contribution in [-0.4, -0.2) is 36.0 Å². The van der Waals surface area contributed by atoms with Crippen molar-refractivity contribution in [1.29, 1.82) is 0 Å². The van der Waals surface area contributed by atoms with E-state index in [1.54, 1.807) is 12.1 Å². The van der Waals surface area contributed by atoms with E-state index in [1.807, 2.05) is 24.3 Å². The summed E-state index contributed by atoms with van der Waals surface area (Å²) in [6, 6.07) is 15.6. The summed E-state index contributed by atoms with van der Waals surface area (Å²) >= 11 is 5.34. The second kappa shape index (κ2) is 14.4. The van der Waals surface area contributed by atoms with Crippen molar-refractivity contribution in [1.82, 2.24) is 5.32 Å². The van der Waals surface area contributed by atoms with Gasteiger partial charge < -0.3 is 20.5 Å². The van der Waals surface area contributed by atoms with E-state index in [1.165, 1.54) is 24.1 Å². The summed E-state index contributed by atoms with van der Waals surface area (Å²) in [5.74, 6) is 2.64. The number of unbranched alkanes of at least 4 members (excludes halogenated alkanes) is 1. The minimum Gasteiger partial charge on any atom is -0.741 e. The molecule has 42 heavy (non-hydrogen) atoms. The summed E-state index contributed by atoms with van der Waals surface area (Å²) in [5, 5.41) is 11.0. The Morgan fingerprint density at radius 2 is 1.79 bits per heavy atom. The van der Waals surface area contributed by atoms with Gasteiger partial charge in [-0.25, -0.2) is 8.42 Å². The maximum Gasteiger partial charge on any atom is 0.485 e. The van der Waals surface area contributed by atoms with Gasteiger partial charge in [-0.3, -0.25) is 4.79 Å². The van der Waals surface area contributed by atoms with Gasteiger partial charge in [-0.15, -0.1) is 6.42 Å². The lowest BCUT2D eigenvalue weighted by molar-refractivity contribution is -0.667. The van der Waals surface area contributed by atoms with Crippen molar-refractivity contribution in [2.45, 2.75) is 57.5 Å². The molecule has 0 atom stereocenters. The van der Waals surface area contributed by atoms with Gasteiger partial charge in [0.15, 0.2) is 20.9 Å². The van der Waals surface area contributed by atoms with E-state index in [9.17, 15) is 18.0 Å². The number of benzene rings is 2. The molecule has 1 amide bonds. The Bertz CT molecular complexity index is 1600. The zero-order valence-electron chi connectivity index (χ0n) is 22.9. The smallest absolute Gasteiger partial charge is 0.485 e. The molecule has 0 spiro atoms. The van der Waals surface area contributed by atoms with Crippen molar-refractivity contribution >= 4 is 55.6 Å². The van der Waals surface area contributed by atoms with Gasteiger partial charge in [0.25, 0.3) is 5.91 Å². The van der Waals surface area contributed by atoms with Crippen LogP contribution in [0.4, 0.5) is 24.5 Å². The molecule has 224 valence electrons. The second-order valence-corrected chi connectivity index (χ2v) is 11.3. The van der Waals surface area contributed by atoms with Crippen molar-refractivity contribution in [3.63, 3.8) is 0 Å². The lowest BCUT2D eigenvalue weighted by Gasteiger charge is -2.16. The molecule has 1 aromatic heterocycles. The summed E-state index contributed by atoms with van der Waals surface area (Å²) in [5.41, 5.74) is 0.270. The van der Waals surface area contributed by atoms with Crippen molar-refractivity contribution in [3.8, 4) is 12.3 Å². The number of halogens is 3. The zero-order valence-corrected chi connectivity index (χ0v) is 24.5. The highest BCUT2D eigenvalue weighted by molar-refractivity contribution is 7.86. The van der Waals surface area contributed by atoms with E-state index in [0.29, 0.717) is 17.2 Å². The summed E-state index contributed by atoms with van der Waals surface area (Å²) in [4.78, 5) is 13.0. The predicted octanol–water partition coefficient (Wildman–Crippen LogP) is 5.03. The number of hydrogen-bond acceptors (Lipinski definition) is 5. The first-order valence-electron chi connectivity index (χ1n) is 13.2. The molecular formula is C29H31F3N4O4S2. The Hall–Kier alpha value is -3.73. The number of rotatable bonds is 7. The van der Waals surface area contributed by atoms with Crippen LogP contribution in [0, 0.1) is 12.3 Å². The average Bonchev–Trinajstić information content (AvgIpc) is 2.92. The number of nitrogens with one attached hydrogen (secondary N) is 3. The van der Waals surface area contributed by atoms with Gasteiger partial charge in [0.1, 0.15) is 0 Å². The Morgan fingerprint density at radius 1 is 1.10 bits per heavy atom. The Kier molecular flexibility index (Phi) is 11.3. The zero-order chi connectivity index (χ0) is 30.9. The molecular weight excluding hydrogens is 589 g/mol. The van der Waals surface area contributed by atoms with Crippen molar-refractivity contribution < 1.29 is 35.5 Å². The van der Waals surface area contributed by atoms with E-state index < -0.39 is 15.6 Å². The molecule has 1 heterocycles. The minimum absolute atomic E-state index is 0.165. The summed E-state index contributed by atoms with van der Waals surface area (Å²) in [6.45, 7) is 3.52. The standard InChI is InChI=1S/C28H30N4OS.CHF3O3S/c1-3-5-15-29-28(34)31-23-11-8-10-21(18-23)27(33)30-24-13-14-26-22(19-24)17-20-9-6-7-12-25(20)32(26)16-4-2;2-1(3,4)8(5,6)7/h2,8,10-11,13-14,17-19H,3,5-7,9,12,15-16H2,1H3,(H2-,29,30,31,33,34);(H,5,6,7). The fraction of sp³-hybridized carbons (Fsp3) is 0.345. The molecule has 3 N–H and O–H groups in total. The van der Waals surface area contributed by atoms with Crippen LogP contribution in [0.1, 0.15) is 54.2 Å². The Morgan fingerprint density at radius 3 is 2.45 bits per heavy atom. The Labute approximate surface area is 248 Å². The van der Waals surface area contributed by atoms with Gasteiger partial charge in [-0.2, -0.15) is 17.7 Å². The van der Waals surface area contributed by atoms with Gasteiger partial charge in [0, 0.05) is 46.9 Å². The van der Waals surface area contributed by atoms with Crippen LogP contribution >= 0.6 is 12.2 Å². The number of carbonyl (C=O) groups excluding carboxylic acids is 1. The molecule has 3 aromatic rings. The van der Waals surface area contributed by atoms with Crippen LogP contribution in [-0.2, 0) is 29.5 Å². The molecule has 0 radical (unpaired) electrons. The monoisotopic (exact) mass is 620 g/mol. The van der Waals surface area contributed by atoms with Crippen molar-refractivity contribution in [2.75, 3.05) is 17.2 Å². The normalized spacial score (nSPS) is 12.8. The van der Waals surface area contributed by atoms with Crippen LogP contribution in [0.2, 0.25) is 0 Å². The number of alkyl halides is 3. The molecule has 0 fully saturated rings. The number of carbonyl (C=O) groups is 1. The second-order valence-electron chi connectivity index (χ2n) is 9.56. The van der Waals surface area contributed by atoms with Gasteiger partial charge in [-0.1, -0.05) is 19.4 Å². The van der Waals surface area contributed by atoms with Gasteiger partial charge >= 0.3 is 5.51 Å². The van der Waals surface area contributed by atoms with E-state index >= 15 is 0 Å². The first kappa shape index (κ1) is 32.8. The predicted molar refractivity (Wildman–Crippen MR) is 159 cm³/mol. The molecule has 0 saturated heterocycles. The fourth-order valence-electron chi connectivity index (χ4n) is 4.47. The highest BCUT2D eigenvalue weighted by atomic mass is 32.2. The highest BCUT2D eigenvalue weighted by Gasteiger charge is 2.37. The fourth-order valence-corrected chi connectivity index (χ4v) is 4.69. The van der Waals surface area contributed by atoms with Gasteiger partial charge in [0.2, 0.25) is 12.1 Å². The van der Waals surface area contributed by atoms with Crippen LogP contribution < -0.4 is 20.5 Å². The first-order valence-corrected chi connectivity index (χ1v) is 15.1. The topological polar surface area (TPSA) is 114 Å². The van der Waals surface area contributed by atoms with Gasteiger partial charge in [-0.05, 0) is 80.2 Å². The molecule has 0 aliphatic heterocycles. The minimum atomic E-state index is -6.09. The van der Waals surface area contributed by atoms with Gasteiger partial charge in [0.05, 0.1) is 0 Å². The van der Waals surface area contributed by atoms with E-state index in [2.05, 4.69) is 45.5 Å². The van der Waals surface area contributed by atoms with E-state index in [-0.39, 0.29) is 5.91 Å². The maximum atomic E-state index is 13.0. The maximum absolute atomic E-state index is 13.0. The number of terminal acetylenes is 1. The third-order valence-electron chi connectivity index (χ3n) is 6.44. The number of nitrogens with zero attached hydrogens (tertiary/aromatic N) is 1. The SMILES string of the molecule is C#CC[n+]1c2c(cc3cc(NC(=O)c4cccc(NC(=S)NCCCC)c4)ccc31)CCCC2.O=S(=O)([O-])C(F)(F)F. The number of pyridine rings is 1. The molecule has 0 saturated carbocycles. The third kappa shape index (κ3) is 8.88. The van der Waals surface area contributed by atoms with Crippen LogP contribution in [0.5, 0.6) is 0 Å².